The Morgan fingerprint density at radius 1 is 1.54 bits per heavy atom. The summed E-state index contributed by atoms with van der Waals surface area (Å²) >= 11 is 9.11. The minimum absolute atomic E-state index is 0.0776. The van der Waals surface area contributed by atoms with Gasteiger partial charge >= 0.3 is 0 Å². The summed E-state index contributed by atoms with van der Waals surface area (Å²) in [4.78, 5) is 11.2. The van der Waals surface area contributed by atoms with Crippen LogP contribution in [-0.2, 0) is 0 Å². The van der Waals surface area contributed by atoms with Crippen LogP contribution in [0.4, 0.5) is 0 Å². The highest BCUT2D eigenvalue weighted by Gasteiger charge is 2.15. The Bertz CT molecular complexity index is 350. The molecule has 1 aromatic carbocycles. The predicted octanol–water partition coefficient (Wildman–Crippen LogP) is 3.31. The highest BCUT2D eigenvalue weighted by Crippen LogP contribution is 2.34. The van der Waals surface area contributed by atoms with Gasteiger partial charge in [0, 0.05) is 4.47 Å². The standard InChI is InChI=1S/C9H8BrClO2/c1-5(12)8-6(10)3-4-7(11)9(8)13-2/h3-4H,1-2H3. The molecule has 70 valence electrons. The molecule has 0 atom stereocenters. The van der Waals surface area contributed by atoms with Gasteiger partial charge in [-0.25, -0.2) is 0 Å². The average Bonchev–Trinajstić information content (AvgIpc) is 2.07. The van der Waals surface area contributed by atoms with E-state index < -0.39 is 0 Å². The van der Waals surface area contributed by atoms with Crippen molar-refractivity contribution in [2.45, 2.75) is 6.92 Å². The fourth-order valence-corrected chi connectivity index (χ4v) is 1.89. The molecule has 0 radical (unpaired) electrons. The second kappa shape index (κ2) is 4.11. The molecule has 1 rings (SSSR count). The van der Waals surface area contributed by atoms with Crippen LogP contribution >= 0.6 is 27.5 Å². The van der Waals surface area contributed by atoms with Crippen molar-refractivity contribution < 1.29 is 9.53 Å². The number of methoxy groups -OCH3 is 1. The topological polar surface area (TPSA) is 26.3 Å². The molecule has 0 unspecified atom stereocenters. The zero-order chi connectivity index (χ0) is 10.0. The van der Waals surface area contributed by atoms with Crippen LogP contribution in [0.1, 0.15) is 17.3 Å². The van der Waals surface area contributed by atoms with Crippen molar-refractivity contribution in [1.29, 1.82) is 0 Å². The molecule has 0 fully saturated rings. The molecule has 0 bridgehead atoms. The van der Waals surface area contributed by atoms with Gasteiger partial charge in [-0.2, -0.15) is 0 Å². The van der Waals surface area contributed by atoms with E-state index in [-0.39, 0.29) is 5.78 Å². The van der Waals surface area contributed by atoms with Crippen molar-refractivity contribution >= 4 is 33.3 Å². The number of halogens is 2. The molecule has 0 spiro atoms. The van der Waals surface area contributed by atoms with Crippen molar-refractivity contribution in [2.75, 3.05) is 7.11 Å². The van der Waals surface area contributed by atoms with Gasteiger partial charge in [0.1, 0.15) is 5.75 Å². The third kappa shape index (κ3) is 2.03. The third-order valence-electron chi connectivity index (χ3n) is 1.61. The van der Waals surface area contributed by atoms with Crippen LogP contribution < -0.4 is 4.74 Å². The maximum atomic E-state index is 11.2. The first-order valence-electron chi connectivity index (χ1n) is 3.61. The molecule has 0 heterocycles. The lowest BCUT2D eigenvalue weighted by atomic mass is 10.1. The summed E-state index contributed by atoms with van der Waals surface area (Å²) in [5.74, 6) is 0.342. The zero-order valence-corrected chi connectivity index (χ0v) is 9.57. The van der Waals surface area contributed by atoms with E-state index in [2.05, 4.69) is 15.9 Å². The Kier molecular flexibility index (Phi) is 3.33. The van der Waals surface area contributed by atoms with Crippen LogP contribution in [0.5, 0.6) is 5.75 Å². The minimum Gasteiger partial charge on any atom is -0.494 e. The zero-order valence-electron chi connectivity index (χ0n) is 7.23. The van der Waals surface area contributed by atoms with E-state index >= 15 is 0 Å². The van der Waals surface area contributed by atoms with Gasteiger partial charge in [0.2, 0.25) is 0 Å². The number of benzene rings is 1. The summed E-state index contributed by atoms with van der Waals surface area (Å²) in [6.07, 6.45) is 0. The summed E-state index contributed by atoms with van der Waals surface area (Å²) in [5.41, 5.74) is 0.481. The van der Waals surface area contributed by atoms with Crippen molar-refractivity contribution in [1.82, 2.24) is 0 Å². The summed E-state index contributed by atoms with van der Waals surface area (Å²) in [6, 6.07) is 3.40. The minimum atomic E-state index is -0.0776. The highest BCUT2D eigenvalue weighted by molar-refractivity contribution is 9.10. The van der Waals surface area contributed by atoms with Crippen LogP contribution in [0.3, 0.4) is 0 Å². The number of carbonyl (C=O) groups is 1. The van der Waals surface area contributed by atoms with Gasteiger partial charge in [-0.3, -0.25) is 4.79 Å². The van der Waals surface area contributed by atoms with Gasteiger partial charge in [-0.1, -0.05) is 11.6 Å². The number of Topliss-reactive ketones (excluding diaryl/α,β-unsaturated/α-hetero) is 1. The lowest BCUT2D eigenvalue weighted by Crippen LogP contribution is -1.99. The molecule has 0 aliphatic rings. The van der Waals surface area contributed by atoms with E-state index in [1.54, 1.807) is 12.1 Å². The van der Waals surface area contributed by atoms with Crippen LogP contribution in [0.25, 0.3) is 0 Å². The molecule has 0 amide bonds. The van der Waals surface area contributed by atoms with E-state index in [4.69, 9.17) is 16.3 Å². The Labute approximate surface area is 90.0 Å². The monoisotopic (exact) mass is 262 g/mol. The van der Waals surface area contributed by atoms with Crippen LogP contribution in [-0.4, -0.2) is 12.9 Å². The van der Waals surface area contributed by atoms with Crippen molar-refractivity contribution in [3.05, 3.63) is 27.2 Å². The molecule has 13 heavy (non-hydrogen) atoms. The first-order valence-corrected chi connectivity index (χ1v) is 4.78. The summed E-state index contributed by atoms with van der Waals surface area (Å²) in [6.45, 7) is 1.47. The maximum Gasteiger partial charge on any atom is 0.164 e. The molecular weight excluding hydrogens is 255 g/mol. The largest absolute Gasteiger partial charge is 0.494 e. The summed E-state index contributed by atoms with van der Waals surface area (Å²) < 4.78 is 5.73. The summed E-state index contributed by atoms with van der Waals surface area (Å²) in [7, 11) is 1.49. The van der Waals surface area contributed by atoms with E-state index in [0.717, 1.165) is 0 Å². The number of carbonyl (C=O) groups excluding carboxylic acids is 1. The molecule has 0 aromatic heterocycles. The molecule has 4 heteroatoms. The van der Waals surface area contributed by atoms with Gasteiger partial charge < -0.3 is 4.74 Å². The van der Waals surface area contributed by atoms with Gasteiger partial charge in [0.15, 0.2) is 5.78 Å². The molecule has 0 N–H and O–H groups in total. The van der Waals surface area contributed by atoms with Gasteiger partial charge in [0.05, 0.1) is 17.7 Å². The number of hydrogen-bond donors (Lipinski definition) is 0. The van der Waals surface area contributed by atoms with Gasteiger partial charge in [-0.05, 0) is 35.0 Å². The van der Waals surface area contributed by atoms with Crippen molar-refractivity contribution in [3.8, 4) is 5.75 Å². The molecule has 0 saturated heterocycles. The first kappa shape index (κ1) is 10.5. The molecule has 0 saturated carbocycles. The molecule has 1 aromatic rings. The number of rotatable bonds is 2. The predicted molar refractivity (Wildman–Crippen MR) is 55.7 cm³/mol. The normalized spacial score (nSPS) is 9.85. The maximum absolute atomic E-state index is 11.2. The number of ketones is 1. The molecule has 0 aliphatic carbocycles. The number of hydrogen-bond acceptors (Lipinski definition) is 2. The van der Waals surface area contributed by atoms with E-state index in [1.807, 2.05) is 0 Å². The third-order valence-corrected chi connectivity index (χ3v) is 2.57. The second-order valence-electron chi connectivity index (χ2n) is 2.49. The molecule has 2 nitrogen and oxygen atoms in total. The summed E-state index contributed by atoms with van der Waals surface area (Å²) in [5, 5.41) is 0.441. The second-order valence-corrected chi connectivity index (χ2v) is 3.76. The number of ether oxygens (including phenoxy) is 1. The van der Waals surface area contributed by atoms with E-state index in [1.165, 1.54) is 14.0 Å². The van der Waals surface area contributed by atoms with Gasteiger partial charge in [0.25, 0.3) is 0 Å². The van der Waals surface area contributed by atoms with Crippen molar-refractivity contribution in [3.63, 3.8) is 0 Å². The SMILES string of the molecule is COc1c(Cl)ccc(Br)c1C(C)=O. The highest BCUT2D eigenvalue weighted by atomic mass is 79.9. The first-order chi connectivity index (χ1) is 6.07. The lowest BCUT2D eigenvalue weighted by molar-refractivity contribution is 0.101. The molecular formula is C9H8BrClO2. The lowest BCUT2D eigenvalue weighted by Gasteiger charge is -2.09. The van der Waals surface area contributed by atoms with Crippen LogP contribution in [0, 0.1) is 0 Å². The van der Waals surface area contributed by atoms with Crippen LogP contribution in [0.2, 0.25) is 5.02 Å². The fraction of sp³-hybridized carbons (Fsp3) is 0.222. The van der Waals surface area contributed by atoms with Crippen molar-refractivity contribution in [2.24, 2.45) is 0 Å². The average molecular weight is 264 g/mol. The Morgan fingerprint density at radius 3 is 2.54 bits per heavy atom. The Balaban J connectivity index is 3.43. The fourth-order valence-electron chi connectivity index (χ4n) is 1.06. The van der Waals surface area contributed by atoms with E-state index in [9.17, 15) is 4.79 Å². The van der Waals surface area contributed by atoms with Crippen LogP contribution in [0.15, 0.2) is 16.6 Å². The Morgan fingerprint density at radius 2 is 2.15 bits per heavy atom. The van der Waals surface area contributed by atoms with E-state index in [0.29, 0.717) is 20.8 Å². The smallest absolute Gasteiger partial charge is 0.164 e. The Hall–Kier alpha value is -0.540. The molecule has 0 aliphatic heterocycles. The quantitative estimate of drug-likeness (QED) is 0.765. The van der Waals surface area contributed by atoms with Gasteiger partial charge in [-0.15, -0.1) is 0 Å².